The Balaban J connectivity index is 2.06. The quantitative estimate of drug-likeness (QED) is 0.867. The molecule has 1 aromatic rings. The number of ether oxygens (including phenoxy) is 2. The Bertz CT molecular complexity index is 709. The van der Waals surface area contributed by atoms with Crippen LogP contribution in [-0.2, 0) is 14.8 Å². The number of piperidine rings is 1. The van der Waals surface area contributed by atoms with E-state index in [1.807, 2.05) is 6.92 Å². The fourth-order valence-corrected chi connectivity index (χ4v) is 3.67. The lowest BCUT2D eigenvalue weighted by Gasteiger charge is -2.29. The van der Waals surface area contributed by atoms with Crippen LogP contribution in [0, 0.1) is 12.8 Å². The Hall–Kier alpha value is -1.80. The van der Waals surface area contributed by atoms with Gasteiger partial charge in [0.25, 0.3) is 0 Å². The van der Waals surface area contributed by atoms with Crippen LogP contribution in [0.2, 0.25) is 0 Å². The normalized spacial score (nSPS) is 16.7. The summed E-state index contributed by atoms with van der Waals surface area (Å²) in [7, 11) is -0.0841. The Labute approximate surface area is 143 Å². The minimum atomic E-state index is -3.19. The molecule has 0 radical (unpaired) electrons. The molecule has 24 heavy (non-hydrogen) atoms. The number of sulfonamides is 1. The van der Waals surface area contributed by atoms with Crippen LogP contribution in [-0.4, -0.2) is 52.2 Å². The minimum absolute atomic E-state index is 0.0986. The van der Waals surface area contributed by atoms with Crippen molar-refractivity contribution in [1.29, 1.82) is 0 Å². The van der Waals surface area contributed by atoms with Crippen LogP contribution in [0.5, 0.6) is 11.5 Å². The van der Waals surface area contributed by atoms with Gasteiger partial charge in [0.1, 0.15) is 0 Å². The number of anilines is 1. The van der Waals surface area contributed by atoms with Gasteiger partial charge in [-0.3, -0.25) is 4.79 Å². The Kier molecular flexibility index (Phi) is 5.71. The van der Waals surface area contributed by atoms with E-state index in [0.29, 0.717) is 43.1 Å². The summed E-state index contributed by atoms with van der Waals surface area (Å²) in [6, 6.07) is 3.54. The average Bonchev–Trinajstić information content (AvgIpc) is 2.55. The summed E-state index contributed by atoms with van der Waals surface area (Å²) >= 11 is 0. The number of carbonyl (C=O) groups is 1. The molecular formula is C16H24N2O5S. The van der Waals surface area contributed by atoms with Crippen molar-refractivity contribution in [2.45, 2.75) is 19.8 Å². The van der Waals surface area contributed by atoms with Crippen LogP contribution in [0.3, 0.4) is 0 Å². The molecule has 1 aromatic carbocycles. The molecule has 1 N–H and O–H groups in total. The third-order valence-corrected chi connectivity index (χ3v) is 5.59. The van der Waals surface area contributed by atoms with Gasteiger partial charge in [0.15, 0.2) is 11.5 Å². The number of hydrogen-bond donors (Lipinski definition) is 1. The third-order valence-electron chi connectivity index (χ3n) is 4.28. The molecule has 8 heteroatoms. The number of nitrogens with one attached hydrogen (secondary N) is 1. The van der Waals surface area contributed by atoms with Crippen molar-refractivity contribution in [3.05, 3.63) is 17.7 Å². The summed E-state index contributed by atoms with van der Waals surface area (Å²) < 4.78 is 35.0. The molecule has 1 amide bonds. The third kappa shape index (κ3) is 4.18. The van der Waals surface area contributed by atoms with Gasteiger partial charge in [-0.05, 0) is 31.4 Å². The number of carbonyl (C=O) groups excluding carboxylic acids is 1. The van der Waals surface area contributed by atoms with E-state index in [1.54, 1.807) is 26.4 Å². The van der Waals surface area contributed by atoms with E-state index in [4.69, 9.17) is 9.47 Å². The molecule has 0 aromatic heterocycles. The molecule has 1 aliphatic rings. The van der Waals surface area contributed by atoms with E-state index in [-0.39, 0.29) is 11.8 Å². The van der Waals surface area contributed by atoms with Gasteiger partial charge in [-0.1, -0.05) is 0 Å². The van der Waals surface area contributed by atoms with E-state index >= 15 is 0 Å². The maximum atomic E-state index is 12.5. The van der Waals surface area contributed by atoms with Gasteiger partial charge >= 0.3 is 0 Å². The first-order chi connectivity index (χ1) is 11.3. The van der Waals surface area contributed by atoms with Gasteiger partial charge in [0, 0.05) is 30.8 Å². The predicted molar refractivity (Wildman–Crippen MR) is 92.1 cm³/mol. The van der Waals surface area contributed by atoms with Crippen LogP contribution in [0.4, 0.5) is 5.69 Å². The van der Waals surface area contributed by atoms with E-state index in [1.165, 1.54) is 10.6 Å². The second-order valence-electron chi connectivity index (χ2n) is 5.95. The van der Waals surface area contributed by atoms with Crippen molar-refractivity contribution in [1.82, 2.24) is 4.31 Å². The minimum Gasteiger partial charge on any atom is -0.493 e. The lowest BCUT2D eigenvalue weighted by atomic mass is 9.97. The highest BCUT2D eigenvalue weighted by molar-refractivity contribution is 7.88. The highest BCUT2D eigenvalue weighted by Gasteiger charge is 2.29. The summed E-state index contributed by atoms with van der Waals surface area (Å²) in [4.78, 5) is 12.5. The van der Waals surface area contributed by atoms with Crippen LogP contribution in [0.1, 0.15) is 18.4 Å². The smallest absolute Gasteiger partial charge is 0.227 e. The first-order valence-corrected chi connectivity index (χ1v) is 9.59. The topological polar surface area (TPSA) is 84.9 Å². The van der Waals surface area contributed by atoms with Gasteiger partial charge in [0.05, 0.1) is 20.5 Å². The van der Waals surface area contributed by atoms with E-state index in [2.05, 4.69) is 5.32 Å². The lowest BCUT2D eigenvalue weighted by Crippen LogP contribution is -2.40. The SMILES string of the molecule is COc1cc(C)c(NC(=O)C2CCN(S(C)(=O)=O)CC2)cc1OC. The number of nitrogens with zero attached hydrogens (tertiary/aromatic N) is 1. The van der Waals surface area contributed by atoms with Crippen molar-refractivity contribution in [2.75, 3.05) is 38.9 Å². The Morgan fingerprint density at radius 1 is 1.17 bits per heavy atom. The van der Waals surface area contributed by atoms with Crippen molar-refractivity contribution < 1.29 is 22.7 Å². The number of amides is 1. The number of rotatable bonds is 5. The zero-order valence-electron chi connectivity index (χ0n) is 14.5. The molecule has 0 bridgehead atoms. The first kappa shape index (κ1) is 18.5. The number of benzene rings is 1. The molecule has 7 nitrogen and oxygen atoms in total. The molecule has 1 heterocycles. The maximum absolute atomic E-state index is 12.5. The van der Waals surface area contributed by atoms with E-state index in [9.17, 15) is 13.2 Å². The zero-order chi connectivity index (χ0) is 17.9. The largest absolute Gasteiger partial charge is 0.493 e. The maximum Gasteiger partial charge on any atom is 0.227 e. The monoisotopic (exact) mass is 356 g/mol. The van der Waals surface area contributed by atoms with Gasteiger partial charge in [-0.25, -0.2) is 12.7 Å². The average molecular weight is 356 g/mol. The second kappa shape index (κ2) is 7.40. The van der Waals surface area contributed by atoms with E-state index < -0.39 is 10.0 Å². The van der Waals surface area contributed by atoms with Crippen LogP contribution >= 0.6 is 0 Å². The van der Waals surface area contributed by atoms with Gasteiger partial charge in [0.2, 0.25) is 15.9 Å². The van der Waals surface area contributed by atoms with Crippen LogP contribution in [0.25, 0.3) is 0 Å². The molecule has 1 fully saturated rings. The molecule has 1 aliphatic heterocycles. The molecule has 134 valence electrons. The van der Waals surface area contributed by atoms with Crippen molar-refractivity contribution in [3.63, 3.8) is 0 Å². The highest BCUT2D eigenvalue weighted by Crippen LogP contribution is 2.33. The fourth-order valence-electron chi connectivity index (χ4n) is 2.80. The molecule has 1 saturated heterocycles. The van der Waals surface area contributed by atoms with Crippen molar-refractivity contribution in [3.8, 4) is 11.5 Å². The summed E-state index contributed by atoms with van der Waals surface area (Å²) in [5.74, 6) is 0.855. The van der Waals surface area contributed by atoms with Crippen LogP contribution in [0.15, 0.2) is 12.1 Å². The number of hydrogen-bond acceptors (Lipinski definition) is 5. The fraction of sp³-hybridized carbons (Fsp3) is 0.562. The molecule has 0 atom stereocenters. The predicted octanol–water partition coefficient (Wildman–Crippen LogP) is 1.62. The highest BCUT2D eigenvalue weighted by atomic mass is 32.2. The zero-order valence-corrected chi connectivity index (χ0v) is 15.3. The summed E-state index contributed by atoms with van der Waals surface area (Å²) in [6.45, 7) is 2.63. The summed E-state index contributed by atoms with van der Waals surface area (Å²) in [5.41, 5.74) is 1.54. The first-order valence-electron chi connectivity index (χ1n) is 7.75. The second-order valence-corrected chi connectivity index (χ2v) is 7.93. The van der Waals surface area contributed by atoms with Gasteiger partial charge in [-0.15, -0.1) is 0 Å². The molecule has 0 aliphatic carbocycles. The van der Waals surface area contributed by atoms with Crippen molar-refractivity contribution in [2.24, 2.45) is 5.92 Å². The standard InChI is InChI=1S/C16H24N2O5S/c1-11-9-14(22-2)15(23-3)10-13(11)17-16(19)12-5-7-18(8-6-12)24(4,20)21/h9-10,12H,5-8H2,1-4H3,(H,17,19). The number of methoxy groups -OCH3 is 2. The molecule has 0 saturated carbocycles. The molecule has 0 unspecified atom stereocenters. The molecule has 2 rings (SSSR count). The van der Waals surface area contributed by atoms with Gasteiger partial charge in [-0.2, -0.15) is 0 Å². The lowest BCUT2D eigenvalue weighted by molar-refractivity contribution is -0.120. The van der Waals surface area contributed by atoms with E-state index in [0.717, 1.165) is 5.56 Å². The summed E-state index contributed by atoms with van der Waals surface area (Å²) in [5, 5.41) is 2.92. The molecule has 0 spiro atoms. The summed E-state index contributed by atoms with van der Waals surface area (Å²) in [6.07, 6.45) is 2.23. The van der Waals surface area contributed by atoms with Crippen molar-refractivity contribution >= 4 is 21.6 Å². The Morgan fingerprint density at radius 3 is 2.21 bits per heavy atom. The Morgan fingerprint density at radius 2 is 1.71 bits per heavy atom. The number of aryl methyl sites for hydroxylation is 1. The molecular weight excluding hydrogens is 332 g/mol. The van der Waals surface area contributed by atoms with Gasteiger partial charge < -0.3 is 14.8 Å². The van der Waals surface area contributed by atoms with Crippen LogP contribution < -0.4 is 14.8 Å².